The Bertz CT molecular complexity index is 993. The number of nitriles is 1. The maximum absolute atomic E-state index is 11.3. The van der Waals surface area contributed by atoms with E-state index >= 15 is 0 Å². The van der Waals surface area contributed by atoms with Crippen LogP contribution in [0.2, 0.25) is 0 Å². The standard InChI is InChI=1S/C19H15N3O2/c1-24-15-5-6-18-16(9-15)17(11-22-18)14(10-20)8-12-3-2-4-13(7-12)19(21)23/h2-9,11,22H,1H3,(H2,21,23)/b14-8-. The van der Waals surface area contributed by atoms with E-state index in [1.54, 1.807) is 37.6 Å². The van der Waals surface area contributed by atoms with E-state index < -0.39 is 5.91 Å². The molecule has 0 aliphatic heterocycles. The molecule has 24 heavy (non-hydrogen) atoms. The summed E-state index contributed by atoms with van der Waals surface area (Å²) in [5.41, 5.74) is 8.62. The highest BCUT2D eigenvalue weighted by atomic mass is 16.5. The number of amides is 1. The van der Waals surface area contributed by atoms with E-state index in [9.17, 15) is 10.1 Å². The molecule has 0 bridgehead atoms. The van der Waals surface area contributed by atoms with Gasteiger partial charge in [-0.15, -0.1) is 0 Å². The molecule has 0 atom stereocenters. The largest absolute Gasteiger partial charge is 0.497 e. The predicted molar refractivity (Wildman–Crippen MR) is 93.3 cm³/mol. The summed E-state index contributed by atoms with van der Waals surface area (Å²) in [6, 6.07) is 14.7. The fraction of sp³-hybridized carbons (Fsp3) is 0.0526. The number of ether oxygens (including phenoxy) is 1. The Labute approximate surface area is 139 Å². The summed E-state index contributed by atoms with van der Waals surface area (Å²) in [6.45, 7) is 0. The van der Waals surface area contributed by atoms with Crippen LogP contribution in [0.25, 0.3) is 22.6 Å². The lowest BCUT2D eigenvalue weighted by atomic mass is 10.0. The van der Waals surface area contributed by atoms with E-state index in [-0.39, 0.29) is 0 Å². The SMILES string of the molecule is COc1ccc2[nH]cc(/C(C#N)=C\c3cccc(C(N)=O)c3)c2c1. The minimum atomic E-state index is -0.499. The van der Waals surface area contributed by atoms with Crippen LogP contribution in [-0.2, 0) is 0 Å². The molecule has 0 unspecified atom stereocenters. The first-order chi connectivity index (χ1) is 11.6. The minimum absolute atomic E-state index is 0.404. The van der Waals surface area contributed by atoms with Crippen LogP contribution in [0.15, 0.2) is 48.7 Å². The zero-order valence-electron chi connectivity index (χ0n) is 13.0. The van der Waals surface area contributed by atoms with Gasteiger partial charge in [0.15, 0.2) is 0 Å². The number of methoxy groups -OCH3 is 1. The summed E-state index contributed by atoms with van der Waals surface area (Å²) >= 11 is 0. The van der Waals surface area contributed by atoms with Crippen LogP contribution in [0.3, 0.4) is 0 Å². The van der Waals surface area contributed by atoms with Crippen molar-refractivity contribution < 1.29 is 9.53 Å². The van der Waals surface area contributed by atoms with Crippen LogP contribution in [0.4, 0.5) is 0 Å². The van der Waals surface area contributed by atoms with Crippen molar-refractivity contribution in [2.24, 2.45) is 5.73 Å². The lowest BCUT2D eigenvalue weighted by Crippen LogP contribution is -2.10. The molecule has 3 rings (SSSR count). The van der Waals surface area contributed by atoms with Crippen molar-refractivity contribution in [1.29, 1.82) is 5.26 Å². The van der Waals surface area contributed by atoms with Gasteiger partial charge in [0.25, 0.3) is 0 Å². The average molecular weight is 317 g/mol. The van der Waals surface area contributed by atoms with Crippen molar-refractivity contribution >= 4 is 28.5 Å². The Balaban J connectivity index is 2.11. The monoisotopic (exact) mass is 317 g/mol. The molecule has 5 nitrogen and oxygen atoms in total. The van der Waals surface area contributed by atoms with Gasteiger partial charge < -0.3 is 15.5 Å². The molecule has 0 saturated heterocycles. The summed E-state index contributed by atoms with van der Waals surface area (Å²) in [5.74, 6) is 0.219. The van der Waals surface area contributed by atoms with Gasteiger partial charge in [0.05, 0.1) is 18.8 Å². The van der Waals surface area contributed by atoms with Gasteiger partial charge in [0.1, 0.15) is 5.75 Å². The molecular weight excluding hydrogens is 302 g/mol. The van der Waals surface area contributed by atoms with E-state index in [0.717, 1.165) is 27.8 Å². The summed E-state index contributed by atoms with van der Waals surface area (Å²) < 4.78 is 5.25. The van der Waals surface area contributed by atoms with Gasteiger partial charge in [0, 0.05) is 28.2 Å². The van der Waals surface area contributed by atoms with E-state index in [0.29, 0.717) is 11.1 Å². The number of H-pyrrole nitrogens is 1. The molecule has 0 radical (unpaired) electrons. The van der Waals surface area contributed by atoms with Crippen LogP contribution < -0.4 is 10.5 Å². The number of nitrogens with one attached hydrogen (secondary N) is 1. The molecule has 0 aliphatic rings. The quantitative estimate of drug-likeness (QED) is 0.723. The van der Waals surface area contributed by atoms with Gasteiger partial charge in [-0.1, -0.05) is 12.1 Å². The zero-order valence-corrected chi connectivity index (χ0v) is 13.0. The summed E-state index contributed by atoms with van der Waals surface area (Å²) in [4.78, 5) is 14.4. The molecule has 0 spiro atoms. The second-order valence-corrected chi connectivity index (χ2v) is 5.27. The number of hydrogen-bond donors (Lipinski definition) is 2. The Hall–Kier alpha value is -3.52. The van der Waals surface area contributed by atoms with Crippen LogP contribution >= 0.6 is 0 Å². The van der Waals surface area contributed by atoms with E-state index in [2.05, 4.69) is 11.1 Å². The molecule has 1 aromatic heterocycles. The molecule has 0 aliphatic carbocycles. The summed E-state index contributed by atoms with van der Waals surface area (Å²) in [6.07, 6.45) is 3.52. The normalized spacial score (nSPS) is 11.2. The Morgan fingerprint density at radius 2 is 2.12 bits per heavy atom. The van der Waals surface area contributed by atoms with Crippen molar-refractivity contribution in [1.82, 2.24) is 4.98 Å². The highest BCUT2D eigenvalue weighted by Crippen LogP contribution is 2.29. The van der Waals surface area contributed by atoms with Crippen molar-refractivity contribution in [2.45, 2.75) is 0 Å². The van der Waals surface area contributed by atoms with Gasteiger partial charge in [-0.25, -0.2) is 0 Å². The third kappa shape index (κ3) is 2.85. The highest BCUT2D eigenvalue weighted by Gasteiger charge is 2.10. The topological polar surface area (TPSA) is 91.9 Å². The van der Waals surface area contributed by atoms with Crippen molar-refractivity contribution in [3.05, 3.63) is 65.4 Å². The lowest BCUT2D eigenvalue weighted by molar-refractivity contribution is 0.100. The third-order valence-corrected chi connectivity index (χ3v) is 3.78. The number of aromatic amines is 1. The number of primary amides is 1. The molecular formula is C19H15N3O2. The number of carbonyl (C=O) groups is 1. The van der Waals surface area contributed by atoms with Crippen molar-refractivity contribution in [3.63, 3.8) is 0 Å². The number of rotatable bonds is 4. The van der Waals surface area contributed by atoms with Gasteiger partial charge in [-0.3, -0.25) is 4.79 Å². The van der Waals surface area contributed by atoms with E-state index in [1.165, 1.54) is 0 Å². The van der Waals surface area contributed by atoms with Gasteiger partial charge in [-0.2, -0.15) is 5.26 Å². The Morgan fingerprint density at radius 1 is 1.29 bits per heavy atom. The predicted octanol–water partition coefficient (Wildman–Crippen LogP) is 3.34. The summed E-state index contributed by atoms with van der Waals surface area (Å²) in [5, 5.41) is 10.5. The second-order valence-electron chi connectivity index (χ2n) is 5.27. The number of allylic oxidation sites excluding steroid dienone is 1. The van der Waals surface area contributed by atoms with Crippen LogP contribution in [0.1, 0.15) is 21.5 Å². The first-order valence-electron chi connectivity index (χ1n) is 7.29. The number of benzene rings is 2. The van der Waals surface area contributed by atoms with Crippen LogP contribution in [0.5, 0.6) is 5.75 Å². The molecule has 1 heterocycles. The number of carbonyl (C=O) groups excluding carboxylic acids is 1. The lowest BCUT2D eigenvalue weighted by Gasteiger charge is -2.02. The second kappa shape index (κ2) is 6.31. The molecule has 3 aromatic rings. The van der Waals surface area contributed by atoms with Gasteiger partial charge in [0.2, 0.25) is 5.91 Å². The number of aromatic nitrogens is 1. The first kappa shape index (κ1) is 15.4. The molecule has 118 valence electrons. The fourth-order valence-corrected chi connectivity index (χ4v) is 2.57. The van der Waals surface area contributed by atoms with Crippen LogP contribution in [0, 0.1) is 11.3 Å². The number of fused-ring (bicyclic) bond motifs is 1. The first-order valence-corrected chi connectivity index (χ1v) is 7.29. The van der Waals surface area contributed by atoms with Crippen molar-refractivity contribution in [2.75, 3.05) is 7.11 Å². The van der Waals surface area contributed by atoms with Gasteiger partial charge >= 0.3 is 0 Å². The smallest absolute Gasteiger partial charge is 0.248 e. The summed E-state index contributed by atoms with van der Waals surface area (Å²) in [7, 11) is 1.60. The Kier molecular flexibility index (Phi) is 4.04. The van der Waals surface area contributed by atoms with Crippen molar-refractivity contribution in [3.8, 4) is 11.8 Å². The van der Waals surface area contributed by atoms with Gasteiger partial charge in [-0.05, 0) is 42.0 Å². The fourth-order valence-electron chi connectivity index (χ4n) is 2.57. The minimum Gasteiger partial charge on any atom is -0.497 e. The number of hydrogen-bond acceptors (Lipinski definition) is 3. The molecule has 2 aromatic carbocycles. The maximum atomic E-state index is 11.3. The van der Waals surface area contributed by atoms with E-state index in [4.69, 9.17) is 10.5 Å². The van der Waals surface area contributed by atoms with E-state index in [1.807, 2.05) is 24.3 Å². The molecule has 3 N–H and O–H groups in total. The molecule has 0 fully saturated rings. The third-order valence-electron chi connectivity index (χ3n) is 3.78. The average Bonchev–Trinajstić information content (AvgIpc) is 3.02. The maximum Gasteiger partial charge on any atom is 0.248 e. The molecule has 5 heteroatoms. The highest BCUT2D eigenvalue weighted by molar-refractivity contribution is 6.02. The molecule has 1 amide bonds. The number of nitrogens with zero attached hydrogens (tertiary/aromatic N) is 1. The Morgan fingerprint density at radius 3 is 2.83 bits per heavy atom. The zero-order chi connectivity index (χ0) is 17.1. The van der Waals surface area contributed by atoms with Crippen LogP contribution in [-0.4, -0.2) is 18.0 Å². The number of nitrogens with two attached hydrogens (primary N) is 1. The molecule has 0 saturated carbocycles.